The predicted molar refractivity (Wildman–Crippen MR) is 104 cm³/mol. The number of rotatable bonds is 5. The molecule has 0 unspecified atom stereocenters. The van der Waals surface area contributed by atoms with Gasteiger partial charge in [0.15, 0.2) is 0 Å². The molecular weight excluding hydrogens is 364 g/mol. The maximum absolute atomic E-state index is 12.7. The van der Waals surface area contributed by atoms with Crippen molar-refractivity contribution >= 4 is 34.1 Å². The summed E-state index contributed by atoms with van der Waals surface area (Å²) in [5, 5.41) is 3.22. The fourth-order valence-corrected chi connectivity index (χ4v) is 4.33. The van der Waals surface area contributed by atoms with Crippen molar-refractivity contribution in [1.29, 1.82) is 0 Å². The Kier molecular flexibility index (Phi) is 5.32. The number of nitrogens with zero attached hydrogens (tertiary/aromatic N) is 1. The Labute approximate surface area is 162 Å². The molecule has 0 spiro atoms. The quantitative estimate of drug-likeness (QED) is 0.800. The molecule has 1 aliphatic carbocycles. The first-order chi connectivity index (χ1) is 12.8. The van der Waals surface area contributed by atoms with Crippen LogP contribution in [0.4, 0.5) is 5.00 Å². The van der Waals surface area contributed by atoms with Gasteiger partial charge < -0.3 is 15.0 Å². The van der Waals surface area contributed by atoms with Gasteiger partial charge in [0, 0.05) is 20.0 Å². The molecule has 0 aliphatic heterocycles. The molecule has 7 heteroatoms. The van der Waals surface area contributed by atoms with E-state index in [-0.39, 0.29) is 29.2 Å². The van der Waals surface area contributed by atoms with Crippen molar-refractivity contribution < 1.29 is 19.1 Å². The average molecular weight is 386 g/mol. The van der Waals surface area contributed by atoms with Crippen LogP contribution in [0.1, 0.15) is 43.5 Å². The summed E-state index contributed by atoms with van der Waals surface area (Å²) >= 11 is 1.11. The second kappa shape index (κ2) is 7.52. The molecule has 2 atom stereocenters. The van der Waals surface area contributed by atoms with Crippen LogP contribution in [0.5, 0.6) is 0 Å². The van der Waals surface area contributed by atoms with Crippen molar-refractivity contribution in [1.82, 2.24) is 4.90 Å². The van der Waals surface area contributed by atoms with Crippen molar-refractivity contribution in [2.45, 2.75) is 19.3 Å². The number of carbonyl (C=O) groups excluding carboxylic acids is 3. The fraction of sp³-hybridized carbons (Fsp3) is 0.350. The van der Waals surface area contributed by atoms with E-state index in [1.807, 2.05) is 30.3 Å². The largest absolute Gasteiger partial charge is 0.465 e. The van der Waals surface area contributed by atoms with Gasteiger partial charge in [-0.05, 0) is 30.4 Å². The van der Waals surface area contributed by atoms with Crippen LogP contribution in [0.3, 0.4) is 0 Å². The molecule has 1 aliphatic rings. The molecule has 1 aromatic carbocycles. The van der Waals surface area contributed by atoms with Crippen molar-refractivity contribution in [2.75, 3.05) is 26.5 Å². The topological polar surface area (TPSA) is 75.7 Å². The Morgan fingerprint density at radius 2 is 1.85 bits per heavy atom. The van der Waals surface area contributed by atoms with E-state index in [2.05, 4.69) is 5.32 Å². The van der Waals surface area contributed by atoms with Gasteiger partial charge >= 0.3 is 5.97 Å². The van der Waals surface area contributed by atoms with Gasteiger partial charge in [-0.25, -0.2) is 4.79 Å². The van der Waals surface area contributed by atoms with Crippen LogP contribution in [0, 0.1) is 12.8 Å². The monoisotopic (exact) mass is 386 g/mol. The third kappa shape index (κ3) is 3.73. The molecule has 142 valence electrons. The van der Waals surface area contributed by atoms with E-state index in [4.69, 9.17) is 4.74 Å². The molecule has 3 rings (SSSR count). The average Bonchev–Trinajstić information content (AvgIpc) is 3.40. The van der Waals surface area contributed by atoms with Crippen LogP contribution in [-0.4, -0.2) is 43.9 Å². The van der Waals surface area contributed by atoms with Crippen LogP contribution >= 0.6 is 11.3 Å². The lowest BCUT2D eigenvalue weighted by Crippen LogP contribution is -2.21. The Morgan fingerprint density at radius 3 is 2.44 bits per heavy atom. The second-order valence-electron chi connectivity index (χ2n) is 6.80. The Hall–Kier alpha value is -2.67. The number of anilines is 1. The van der Waals surface area contributed by atoms with Gasteiger partial charge in [0.1, 0.15) is 5.00 Å². The van der Waals surface area contributed by atoms with Crippen LogP contribution in [0.25, 0.3) is 0 Å². The molecule has 1 aromatic heterocycles. The molecule has 0 bridgehead atoms. The number of ether oxygens (including phenoxy) is 1. The Bertz CT molecular complexity index is 889. The summed E-state index contributed by atoms with van der Waals surface area (Å²) in [5.41, 5.74) is 1.91. The molecule has 2 aromatic rings. The van der Waals surface area contributed by atoms with Crippen LogP contribution in [0.15, 0.2) is 30.3 Å². The summed E-state index contributed by atoms with van der Waals surface area (Å²) in [6.45, 7) is 1.69. The number of carbonyl (C=O) groups is 3. The van der Waals surface area contributed by atoms with Crippen molar-refractivity contribution in [3.05, 3.63) is 51.9 Å². The third-order valence-corrected chi connectivity index (χ3v) is 5.92. The van der Waals surface area contributed by atoms with Gasteiger partial charge in [-0.3, -0.25) is 9.59 Å². The molecule has 1 N–H and O–H groups in total. The first-order valence-corrected chi connectivity index (χ1v) is 9.46. The molecule has 0 radical (unpaired) electrons. The highest BCUT2D eigenvalue weighted by molar-refractivity contribution is 7.18. The predicted octanol–water partition coefficient (Wildman–Crippen LogP) is 3.29. The lowest BCUT2D eigenvalue weighted by molar-refractivity contribution is -0.117. The highest BCUT2D eigenvalue weighted by atomic mass is 32.1. The van der Waals surface area contributed by atoms with Gasteiger partial charge in [-0.15, -0.1) is 11.3 Å². The standard InChI is InChI=1S/C20H22N2O4S/c1-11-15(20(25)26-4)18(27-16(11)19(24)22(2)3)21-17(23)14-10-13(14)12-8-6-5-7-9-12/h5-9,13-14H,10H2,1-4H3,(H,21,23)/t13-,14+/m0/s1. The summed E-state index contributed by atoms with van der Waals surface area (Å²) in [5.74, 6) is -0.854. The SMILES string of the molecule is COC(=O)c1c(NC(=O)[C@@H]2C[C@H]2c2ccccc2)sc(C(=O)N(C)C)c1C. The molecule has 6 nitrogen and oxygen atoms in total. The van der Waals surface area contributed by atoms with Gasteiger partial charge in [0.25, 0.3) is 5.91 Å². The number of hydrogen-bond acceptors (Lipinski definition) is 5. The number of thiophene rings is 1. The molecule has 0 saturated heterocycles. The number of nitrogens with one attached hydrogen (secondary N) is 1. The van der Waals surface area contributed by atoms with Crippen LogP contribution < -0.4 is 5.32 Å². The molecule has 1 fully saturated rings. The molecule has 1 heterocycles. The lowest BCUT2D eigenvalue weighted by atomic mass is 10.1. The second-order valence-corrected chi connectivity index (χ2v) is 7.82. The van der Waals surface area contributed by atoms with E-state index in [1.165, 1.54) is 12.0 Å². The zero-order valence-corrected chi connectivity index (χ0v) is 16.6. The van der Waals surface area contributed by atoms with Crippen molar-refractivity contribution in [3.8, 4) is 0 Å². The molecule has 2 amide bonds. The molecular formula is C20H22N2O4S. The smallest absolute Gasteiger partial charge is 0.341 e. The summed E-state index contributed by atoms with van der Waals surface area (Å²) < 4.78 is 4.85. The highest BCUT2D eigenvalue weighted by Gasteiger charge is 2.44. The minimum Gasteiger partial charge on any atom is -0.465 e. The van der Waals surface area contributed by atoms with E-state index in [0.717, 1.165) is 23.3 Å². The van der Waals surface area contributed by atoms with E-state index >= 15 is 0 Å². The maximum Gasteiger partial charge on any atom is 0.341 e. The normalized spacial score (nSPS) is 17.9. The summed E-state index contributed by atoms with van der Waals surface area (Å²) in [7, 11) is 4.57. The van der Waals surface area contributed by atoms with Gasteiger partial charge in [0.05, 0.1) is 17.6 Å². The van der Waals surface area contributed by atoms with E-state index in [0.29, 0.717) is 15.4 Å². The summed E-state index contributed by atoms with van der Waals surface area (Å²) in [4.78, 5) is 39.2. The van der Waals surface area contributed by atoms with E-state index in [9.17, 15) is 14.4 Å². The van der Waals surface area contributed by atoms with Gasteiger partial charge in [-0.2, -0.15) is 0 Å². The van der Waals surface area contributed by atoms with Gasteiger partial charge in [-0.1, -0.05) is 30.3 Å². The first kappa shape index (κ1) is 19.1. The summed E-state index contributed by atoms with van der Waals surface area (Å²) in [6, 6.07) is 9.89. The number of hydrogen-bond donors (Lipinski definition) is 1. The van der Waals surface area contributed by atoms with Crippen molar-refractivity contribution in [2.24, 2.45) is 5.92 Å². The zero-order valence-electron chi connectivity index (χ0n) is 15.7. The number of amides is 2. The number of benzene rings is 1. The lowest BCUT2D eigenvalue weighted by Gasteiger charge is -2.08. The van der Waals surface area contributed by atoms with Crippen molar-refractivity contribution in [3.63, 3.8) is 0 Å². The van der Waals surface area contributed by atoms with E-state index < -0.39 is 5.97 Å². The third-order valence-electron chi connectivity index (χ3n) is 4.73. The highest BCUT2D eigenvalue weighted by Crippen LogP contribution is 2.48. The Morgan fingerprint density at radius 1 is 1.19 bits per heavy atom. The van der Waals surface area contributed by atoms with Crippen LogP contribution in [0.2, 0.25) is 0 Å². The summed E-state index contributed by atoms with van der Waals surface area (Å²) in [6.07, 6.45) is 0.775. The number of methoxy groups -OCH3 is 1. The van der Waals surface area contributed by atoms with E-state index in [1.54, 1.807) is 21.0 Å². The Balaban J connectivity index is 1.84. The van der Waals surface area contributed by atoms with Gasteiger partial charge in [0.2, 0.25) is 5.91 Å². The first-order valence-electron chi connectivity index (χ1n) is 8.64. The number of esters is 1. The maximum atomic E-state index is 12.7. The van der Waals surface area contributed by atoms with Crippen LogP contribution in [-0.2, 0) is 9.53 Å². The minimum atomic E-state index is -0.563. The zero-order chi connectivity index (χ0) is 19.7. The fourth-order valence-electron chi connectivity index (χ4n) is 3.11. The minimum absolute atomic E-state index is 0.131. The molecule has 27 heavy (non-hydrogen) atoms. The molecule has 1 saturated carbocycles.